The van der Waals surface area contributed by atoms with Gasteiger partial charge in [-0.05, 0) is 95.1 Å². The summed E-state index contributed by atoms with van der Waals surface area (Å²) in [5.41, 5.74) is 5.80. The van der Waals surface area contributed by atoms with Crippen molar-refractivity contribution in [1.82, 2.24) is 29.4 Å². The van der Waals surface area contributed by atoms with Crippen LogP contribution in [0.3, 0.4) is 0 Å². The molecule has 44 heavy (non-hydrogen) atoms. The fourth-order valence-corrected chi connectivity index (χ4v) is 5.96. The third-order valence-electron chi connectivity index (χ3n) is 8.08. The number of fused-ring (bicyclic) bond motifs is 2. The van der Waals surface area contributed by atoms with Crippen LogP contribution in [0, 0.1) is 0 Å². The van der Waals surface area contributed by atoms with E-state index in [-0.39, 0.29) is 24.4 Å². The standard InChI is InChI=1S/C35H40N6O3/c1-35(2,3)44-32(42)13-12-27-34(43)39-28-22-30-31(23-29(28)37-27)41(21-7-20-40-18-5-4-6-19-40)33(38-30)26-10-8-24(9-11-26)25-14-16-36-17-15-25/h8-11,14-17,22-23H,4-7,12-13,18-21H2,1-3H3,(H,39,43). The Bertz CT molecular complexity index is 1810. The van der Waals surface area contributed by atoms with Crippen LogP contribution >= 0.6 is 0 Å². The van der Waals surface area contributed by atoms with Gasteiger partial charge < -0.3 is 19.2 Å². The molecule has 0 bridgehead atoms. The number of benzene rings is 2. The summed E-state index contributed by atoms with van der Waals surface area (Å²) in [7, 11) is 0. The fourth-order valence-electron chi connectivity index (χ4n) is 5.96. The molecule has 5 aromatic rings. The van der Waals surface area contributed by atoms with Crippen LogP contribution in [0.4, 0.5) is 0 Å². The van der Waals surface area contributed by atoms with Gasteiger partial charge in [-0.15, -0.1) is 0 Å². The predicted molar refractivity (Wildman–Crippen MR) is 173 cm³/mol. The highest BCUT2D eigenvalue weighted by Crippen LogP contribution is 2.30. The lowest BCUT2D eigenvalue weighted by Crippen LogP contribution is -2.31. The number of esters is 1. The number of carbonyl (C=O) groups excluding carboxylic acids is 1. The molecule has 0 atom stereocenters. The molecule has 1 aliphatic rings. The minimum atomic E-state index is -0.574. The zero-order valence-electron chi connectivity index (χ0n) is 25.8. The zero-order chi connectivity index (χ0) is 30.7. The fraction of sp³-hybridized carbons (Fsp3) is 0.400. The number of carbonyl (C=O) groups is 1. The van der Waals surface area contributed by atoms with E-state index in [4.69, 9.17) is 14.7 Å². The smallest absolute Gasteiger partial charge is 0.306 e. The van der Waals surface area contributed by atoms with Crippen LogP contribution in [0.1, 0.15) is 58.6 Å². The van der Waals surface area contributed by atoms with Crippen molar-refractivity contribution in [2.24, 2.45) is 0 Å². The monoisotopic (exact) mass is 592 g/mol. The van der Waals surface area contributed by atoms with E-state index in [1.807, 2.05) is 45.0 Å². The van der Waals surface area contributed by atoms with Crippen LogP contribution in [0.15, 0.2) is 65.7 Å². The highest BCUT2D eigenvalue weighted by molar-refractivity contribution is 5.93. The molecule has 0 unspecified atom stereocenters. The maximum absolute atomic E-state index is 12.9. The second-order valence-corrected chi connectivity index (χ2v) is 12.6. The van der Waals surface area contributed by atoms with Crippen molar-refractivity contribution in [2.45, 2.75) is 71.4 Å². The summed E-state index contributed by atoms with van der Waals surface area (Å²) in [4.78, 5) is 44.6. The van der Waals surface area contributed by atoms with E-state index in [2.05, 4.69) is 43.7 Å². The van der Waals surface area contributed by atoms with Gasteiger partial charge in [-0.2, -0.15) is 0 Å². The molecule has 1 fully saturated rings. The van der Waals surface area contributed by atoms with Gasteiger partial charge in [0, 0.05) is 30.9 Å². The van der Waals surface area contributed by atoms with Crippen LogP contribution in [0.2, 0.25) is 0 Å². The Kier molecular flexibility index (Phi) is 8.57. The SMILES string of the molecule is CC(C)(C)OC(=O)CCc1nc2cc3c(cc2[nH]c1=O)nc(-c1ccc(-c2ccncc2)cc1)n3CCCN1CCCCC1. The van der Waals surface area contributed by atoms with Gasteiger partial charge in [-0.1, -0.05) is 30.7 Å². The highest BCUT2D eigenvalue weighted by atomic mass is 16.6. The Morgan fingerprint density at radius 3 is 2.32 bits per heavy atom. The van der Waals surface area contributed by atoms with Crippen molar-refractivity contribution in [3.05, 3.63) is 77.0 Å². The summed E-state index contributed by atoms with van der Waals surface area (Å²) >= 11 is 0. The summed E-state index contributed by atoms with van der Waals surface area (Å²) in [5, 5.41) is 0. The molecule has 1 saturated heterocycles. The lowest BCUT2D eigenvalue weighted by atomic mass is 10.0. The van der Waals surface area contributed by atoms with Gasteiger partial charge in [-0.3, -0.25) is 14.6 Å². The van der Waals surface area contributed by atoms with E-state index in [1.165, 1.54) is 32.4 Å². The van der Waals surface area contributed by atoms with Gasteiger partial charge in [-0.25, -0.2) is 9.97 Å². The molecule has 9 heteroatoms. The third-order valence-corrected chi connectivity index (χ3v) is 8.08. The number of rotatable bonds is 9. The Hall–Kier alpha value is -4.37. The first-order valence-electron chi connectivity index (χ1n) is 15.6. The Labute approximate surface area is 257 Å². The van der Waals surface area contributed by atoms with Crippen LogP contribution in [0.25, 0.3) is 44.6 Å². The lowest BCUT2D eigenvalue weighted by molar-refractivity contribution is -0.154. The van der Waals surface area contributed by atoms with Crippen LogP contribution in [-0.2, 0) is 22.5 Å². The van der Waals surface area contributed by atoms with E-state index < -0.39 is 5.60 Å². The minimum Gasteiger partial charge on any atom is -0.460 e. The second kappa shape index (κ2) is 12.7. The molecule has 3 aromatic heterocycles. The molecular weight excluding hydrogens is 552 g/mol. The van der Waals surface area contributed by atoms with E-state index in [0.717, 1.165) is 53.1 Å². The van der Waals surface area contributed by atoms with Crippen LogP contribution in [0.5, 0.6) is 0 Å². The Morgan fingerprint density at radius 2 is 1.59 bits per heavy atom. The van der Waals surface area contributed by atoms with Crippen molar-refractivity contribution >= 4 is 28.0 Å². The number of pyridine rings is 1. The summed E-state index contributed by atoms with van der Waals surface area (Å²) in [6.07, 6.45) is 8.78. The first-order valence-corrected chi connectivity index (χ1v) is 15.6. The number of ether oxygens (including phenoxy) is 1. The molecule has 2 aromatic carbocycles. The number of aryl methyl sites for hydroxylation is 2. The zero-order valence-corrected chi connectivity index (χ0v) is 25.8. The van der Waals surface area contributed by atoms with Gasteiger partial charge in [0.2, 0.25) is 0 Å². The topological polar surface area (TPSA) is 106 Å². The Morgan fingerprint density at radius 1 is 0.886 bits per heavy atom. The average molecular weight is 593 g/mol. The number of nitrogens with one attached hydrogen (secondary N) is 1. The van der Waals surface area contributed by atoms with Crippen molar-refractivity contribution in [1.29, 1.82) is 0 Å². The maximum Gasteiger partial charge on any atom is 0.306 e. The number of H-pyrrole nitrogens is 1. The molecule has 0 amide bonds. The molecule has 0 aliphatic carbocycles. The number of piperidine rings is 1. The average Bonchev–Trinajstić information content (AvgIpc) is 3.36. The first-order chi connectivity index (χ1) is 21.2. The highest BCUT2D eigenvalue weighted by Gasteiger charge is 2.19. The number of aromatic nitrogens is 5. The summed E-state index contributed by atoms with van der Waals surface area (Å²) < 4.78 is 7.71. The maximum atomic E-state index is 12.9. The van der Waals surface area contributed by atoms with E-state index in [0.29, 0.717) is 16.7 Å². The summed E-state index contributed by atoms with van der Waals surface area (Å²) in [6, 6.07) is 16.4. The summed E-state index contributed by atoms with van der Waals surface area (Å²) in [6.45, 7) is 9.69. The van der Waals surface area contributed by atoms with Crippen molar-refractivity contribution in [3.8, 4) is 22.5 Å². The first kappa shape index (κ1) is 29.7. The van der Waals surface area contributed by atoms with E-state index in [1.54, 1.807) is 12.4 Å². The predicted octanol–water partition coefficient (Wildman–Crippen LogP) is 6.15. The molecule has 1 aliphatic heterocycles. The van der Waals surface area contributed by atoms with Gasteiger partial charge >= 0.3 is 5.97 Å². The van der Waals surface area contributed by atoms with Crippen molar-refractivity contribution < 1.29 is 9.53 Å². The molecular formula is C35H40N6O3. The molecule has 9 nitrogen and oxygen atoms in total. The molecule has 1 N–H and O–H groups in total. The lowest BCUT2D eigenvalue weighted by Gasteiger charge is -2.26. The second-order valence-electron chi connectivity index (χ2n) is 12.6. The minimum absolute atomic E-state index is 0.0924. The van der Waals surface area contributed by atoms with E-state index >= 15 is 0 Å². The number of imidazole rings is 1. The van der Waals surface area contributed by atoms with Crippen molar-refractivity contribution in [3.63, 3.8) is 0 Å². The largest absolute Gasteiger partial charge is 0.460 e. The molecule has 0 radical (unpaired) electrons. The molecule has 228 valence electrons. The molecule has 0 spiro atoms. The Balaban J connectivity index is 1.34. The van der Waals surface area contributed by atoms with Crippen LogP contribution < -0.4 is 5.56 Å². The number of nitrogens with zero attached hydrogens (tertiary/aromatic N) is 5. The van der Waals surface area contributed by atoms with Gasteiger partial charge in [0.05, 0.1) is 28.5 Å². The number of hydrogen-bond donors (Lipinski definition) is 1. The number of aromatic amines is 1. The number of hydrogen-bond acceptors (Lipinski definition) is 7. The number of likely N-dealkylation sites (tertiary alicyclic amines) is 1. The van der Waals surface area contributed by atoms with E-state index in [9.17, 15) is 9.59 Å². The molecule has 6 rings (SSSR count). The van der Waals surface area contributed by atoms with Gasteiger partial charge in [0.25, 0.3) is 5.56 Å². The normalized spacial score (nSPS) is 14.3. The van der Waals surface area contributed by atoms with Crippen molar-refractivity contribution in [2.75, 3.05) is 19.6 Å². The molecule has 0 saturated carbocycles. The van der Waals surface area contributed by atoms with Gasteiger partial charge in [0.15, 0.2) is 0 Å². The summed E-state index contributed by atoms with van der Waals surface area (Å²) in [5.74, 6) is 0.545. The van der Waals surface area contributed by atoms with Gasteiger partial charge in [0.1, 0.15) is 17.1 Å². The van der Waals surface area contributed by atoms with Crippen LogP contribution in [-0.4, -0.2) is 60.6 Å². The quantitative estimate of drug-likeness (QED) is 0.205. The molecule has 4 heterocycles. The third kappa shape index (κ3) is 6.89.